The third-order valence-corrected chi connectivity index (χ3v) is 3.64. The Labute approximate surface area is 148 Å². The van der Waals surface area contributed by atoms with Crippen LogP contribution in [-0.4, -0.2) is 22.4 Å². The van der Waals surface area contributed by atoms with Crippen LogP contribution in [-0.2, 0) is 16.1 Å². The van der Waals surface area contributed by atoms with Crippen LogP contribution in [0.25, 0.3) is 5.69 Å². The summed E-state index contributed by atoms with van der Waals surface area (Å²) in [5.74, 6) is -0.793. The lowest BCUT2D eigenvalue weighted by atomic mass is 10.2. The van der Waals surface area contributed by atoms with Crippen LogP contribution < -0.4 is 4.74 Å². The highest BCUT2D eigenvalue weighted by atomic mass is 35.5. The summed E-state index contributed by atoms with van der Waals surface area (Å²) >= 11 is 5.82. The molecule has 0 atom stereocenters. The van der Waals surface area contributed by atoms with Crippen LogP contribution in [0.1, 0.15) is 5.56 Å². The number of halogens is 2. The first kappa shape index (κ1) is 17.0. The molecule has 0 unspecified atom stereocenters. The van der Waals surface area contributed by atoms with E-state index in [1.54, 1.807) is 10.9 Å². The van der Waals surface area contributed by atoms with Crippen LogP contribution in [0.4, 0.5) is 4.39 Å². The first-order valence-corrected chi connectivity index (χ1v) is 7.82. The van der Waals surface area contributed by atoms with Crippen LogP contribution in [0.3, 0.4) is 0 Å². The maximum Gasteiger partial charge on any atom is 0.344 e. The summed E-state index contributed by atoms with van der Waals surface area (Å²) < 4.78 is 25.0. The third-order valence-electron chi connectivity index (χ3n) is 3.34. The van der Waals surface area contributed by atoms with Crippen LogP contribution in [0, 0.1) is 5.82 Å². The highest BCUT2D eigenvalue weighted by Gasteiger charge is 2.08. The standard InChI is InChI=1S/C18H14ClFN2O3/c19-16-10-14(20)4-7-17(16)24-12-18(23)25-11-13-2-5-15(6-3-13)22-9-1-8-21-22/h1-10H,11-12H2. The summed E-state index contributed by atoms with van der Waals surface area (Å²) in [5, 5.41) is 4.24. The number of benzene rings is 2. The fourth-order valence-corrected chi connectivity index (χ4v) is 2.32. The molecule has 2 aromatic carbocycles. The Morgan fingerprint density at radius 3 is 2.68 bits per heavy atom. The highest BCUT2D eigenvalue weighted by Crippen LogP contribution is 2.24. The van der Waals surface area contributed by atoms with Gasteiger partial charge in [-0.05, 0) is 42.0 Å². The number of nitrogens with zero attached hydrogens (tertiary/aromatic N) is 2. The molecule has 3 aromatic rings. The predicted octanol–water partition coefficient (Wildman–Crippen LogP) is 3.79. The Bertz CT molecular complexity index is 851. The minimum atomic E-state index is -0.545. The van der Waals surface area contributed by atoms with Gasteiger partial charge in [0.1, 0.15) is 18.2 Å². The van der Waals surface area contributed by atoms with Gasteiger partial charge >= 0.3 is 5.97 Å². The molecule has 0 aliphatic heterocycles. The van der Waals surface area contributed by atoms with Gasteiger partial charge in [-0.1, -0.05) is 23.7 Å². The molecule has 0 amide bonds. The molecular formula is C18H14ClFN2O3. The fraction of sp³-hybridized carbons (Fsp3) is 0.111. The Kier molecular flexibility index (Phi) is 5.30. The number of carbonyl (C=O) groups excluding carboxylic acids is 1. The lowest BCUT2D eigenvalue weighted by Gasteiger charge is -2.09. The van der Waals surface area contributed by atoms with Gasteiger partial charge in [0.15, 0.2) is 6.61 Å². The molecule has 0 radical (unpaired) electrons. The van der Waals surface area contributed by atoms with Crippen molar-refractivity contribution in [1.82, 2.24) is 9.78 Å². The van der Waals surface area contributed by atoms with Crippen molar-refractivity contribution >= 4 is 17.6 Å². The molecule has 0 fully saturated rings. The minimum Gasteiger partial charge on any atom is -0.480 e. The van der Waals surface area contributed by atoms with Crippen molar-refractivity contribution in [3.05, 3.63) is 77.3 Å². The van der Waals surface area contributed by atoms with Crippen molar-refractivity contribution in [3.63, 3.8) is 0 Å². The average Bonchev–Trinajstić information content (AvgIpc) is 3.14. The van der Waals surface area contributed by atoms with Crippen molar-refractivity contribution in [2.75, 3.05) is 6.61 Å². The van der Waals surface area contributed by atoms with Gasteiger partial charge in [-0.3, -0.25) is 0 Å². The Morgan fingerprint density at radius 1 is 1.20 bits per heavy atom. The van der Waals surface area contributed by atoms with Gasteiger partial charge in [0, 0.05) is 12.4 Å². The van der Waals surface area contributed by atoms with E-state index in [1.807, 2.05) is 36.5 Å². The first-order chi connectivity index (χ1) is 12.1. The van der Waals surface area contributed by atoms with Crippen LogP contribution >= 0.6 is 11.6 Å². The maximum absolute atomic E-state index is 12.9. The van der Waals surface area contributed by atoms with E-state index >= 15 is 0 Å². The Morgan fingerprint density at radius 2 is 2.00 bits per heavy atom. The molecule has 0 spiro atoms. The topological polar surface area (TPSA) is 53.4 Å². The van der Waals surface area contributed by atoms with Gasteiger partial charge in [-0.15, -0.1) is 0 Å². The van der Waals surface area contributed by atoms with Crippen molar-refractivity contribution in [2.24, 2.45) is 0 Å². The molecule has 1 aromatic heterocycles. The molecule has 0 saturated carbocycles. The lowest BCUT2D eigenvalue weighted by molar-refractivity contribution is -0.147. The van der Waals surface area contributed by atoms with E-state index in [9.17, 15) is 9.18 Å². The predicted molar refractivity (Wildman–Crippen MR) is 90.3 cm³/mol. The van der Waals surface area contributed by atoms with Gasteiger partial charge in [0.05, 0.1) is 10.7 Å². The summed E-state index contributed by atoms with van der Waals surface area (Å²) in [7, 11) is 0. The minimum absolute atomic E-state index is 0.0991. The molecule has 0 saturated heterocycles. The molecule has 1 heterocycles. The van der Waals surface area contributed by atoms with Crippen LogP contribution in [0.15, 0.2) is 60.9 Å². The van der Waals surface area contributed by atoms with E-state index in [-0.39, 0.29) is 24.0 Å². The second kappa shape index (κ2) is 7.81. The summed E-state index contributed by atoms with van der Waals surface area (Å²) in [5.41, 5.74) is 1.75. The smallest absolute Gasteiger partial charge is 0.344 e. The van der Waals surface area contributed by atoms with E-state index in [0.717, 1.165) is 17.3 Å². The zero-order valence-electron chi connectivity index (χ0n) is 13.1. The summed E-state index contributed by atoms with van der Waals surface area (Å²) in [6, 6.07) is 13.0. The molecule has 128 valence electrons. The zero-order valence-corrected chi connectivity index (χ0v) is 13.8. The normalized spacial score (nSPS) is 10.5. The Hall–Kier alpha value is -2.86. The van der Waals surface area contributed by atoms with Crippen LogP contribution in [0.5, 0.6) is 5.75 Å². The first-order valence-electron chi connectivity index (χ1n) is 7.44. The van der Waals surface area contributed by atoms with E-state index in [4.69, 9.17) is 21.1 Å². The number of rotatable bonds is 6. The number of ether oxygens (including phenoxy) is 2. The van der Waals surface area contributed by atoms with E-state index in [2.05, 4.69) is 5.10 Å². The molecule has 0 aliphatic rings. The molecule has 5 nitrogen and oxygen atoms in total. The second-order valence-electron chi connectivity index (χ2n) is 5.14. The summed E-state index contributed by atoms with van der Waals surface area (Å²) in [6.07, 6.45) is 3.54. The SMILES string of the molecule is O=C(COc1ccc(F)cc1Cl)OCc1ccc(-n2cccn2)cc1. The zero-order chi connectivity index (χ0) is 17.6. The molecule has 0 aliphatic carbocycles. The van der Waals surface area contributed by atoms with Gasteiger partial charge < -0.3 is 9.47 Å². The van der Waals surface area contributed by atoms with Crippen LogP contribution in [0.2, 0.25) is 5.02 Å². The number of carbonyl (C=O) groups is 1. The molecule has 0 N–H and O–H groups in total. The van der Waals surface area contributed by atoms with Gasteiger partial charge in [-0.2, -0.15) is 5.10 Å². The van der Waals surface area contributed by atoms with Crippen molar-refractivity contribution in [1.29, 1.82) is 0 Å². The van der Waals surface area contributed by atoms with Crippen molar-refractivity contribution in [3.8, 4) is 11.4 Å². The largest absolute Gasteiger partial charge is 0.480 e. The lowest BCUT2D eigenvalue weighted by Crippen LogP contribution is -2.15. The number of hydrogen-bond donors (Lipinski definition) is 0. The summed E-state index contributed by atoms with van der Waals surface area (Å²) in [4.78, 5) is 11.7. The van der Waals surface area contributed by atoms with Crippen molar-refractivity contribution in [2.45, 2.75) is 6.61 Å². The molecule has 7 heteroatoms. The molecule has 25 heavy (non-hydrogen) atoms. The fourth-order valence-electron chi connectivity index (χ4n) is 2.10. The quantitative estimate of drug-likeness (QED) is 0.628. The molecule has 0 bridgehead atoms. The third kappa shape index (κ3) is 4.58. The maximum atomic E-state index is 12.9. The number of hydrogen-bond acceptors (Lipinski definition) is 4. The monoisotopic (exact) mass is 360 g/mol. The number of esters is 1. The highest BCUT2D eigenvalue weighted by molar-refractivity contribution is 6.32. The molecule has 3 rings (SSSR count). The average molecular weight is 361 g/mol. The van der Waals surface area contributed by atoms with E-state index in [1.165, 1.54) is 12.1 Å². The van der Waals surface area contributed by atoms with E-state index in [0.29, 0.717) is 0 Å². The summed E-state index contributed by atoms with van der Waals surface area (Å²) in [6.45, 7) is -0.185. The molecular weight excluding hydrogens is 347 g/mol. The number of aromatic nitrogens is 2. The van der Waals surface area contributed by atoms with Gasteiger partial charge in [0.25, 0.3) is 0 Å². The second-order valence-corrected chi connectivity index (χ2v) is 5.55. The van der Waals surface area contributed by atoms with Crippen molar-refractivity contribution < 1.29 is 18.7 Å². The Balaban J connectivity index is 1.49. The van der Waals surface area contributed by atoms with Gasteiger partial charge in [-0.25, -0.2) is 13.9 Å². The van der Waals surface area contributed by atoms with Gasteiger partial charge in [0.2, 0.25) is 0 Å². The van der Waals surface area contributed by atoms with E-state index < -0.39 is 11.8 Å².